The molecule has 148 valence electrons. The van der Waals surface area contributed by atoms with E-state index >= 15 is 0 Å². The average Bonchev–Trinajstić information content (AvgIpc) is 2.63. The van der Waals surface area contributed by atoms with Crippen LogP contribution in [0.15, 0.2) is 41.5 Å². The molecule has 0 saturated heterocycles. The lowest BCUT2D eigenvalue weighted by Gasteiger charge is -2.15. The van der Waals surface area contributed by atoms with E-state index in [0.29, 0.717) is 33.3 Å². The number of ether oxygens (including phenoxy) is 2. The summed E-state index contributed by atoms with van der Waals surface area (Å²) >= 11 is 6.26. The first-order valence-corrected chi connectivity index (χ1v) is 8.93. The van der Waals surface area contributed by atoms with E-state index in [4.69, 9.17) is 21.1 Å². The fourth-order valence-corrected chi connectivity index (χ4v) is 2.57. The summed E-state index contributed by atoms with van der Waals surface area (Å²) in [5.74, 6) is 0.367. The molecule has 7 nitrogen and oxygen atoms in total. The fourth-order valence-electron chi connectivity index (χ4n) is 2.30. The minimum Gasteiger partial charge on any atom is -0.493 e. The van der Waals surface area contributed by atoms with E-state index in [2.05, 4.69) is 15.8 Å². The molecule has 2 N–H and O–H groups in total. The molecule has 0 aliphatic heterocycles. The molecule has 0 atom stereocenters. The average molecular weight is 404 g/mol. The Morgan fingerprint density at radius 3 is 2.43 bits per heavy atom. The number of rotatable bonds is 7. The van der Waals surface area contributed by atoms with Crippen LogP contribution in [-0.4, -0.2) is 31.2 Å². The van der Waals surface area contributed by atoms with Crippen LogP contribution in [-0.2, 0) is 4.79 Å². The van der Waals surface area contributed by atoms with Gasteiger partial charge in [0.15, 0.2) is 11.5 Å². The van der Waals surface area contributed by atoms with Gasteiger partial charge in [-0.15, -0.1) is 0 Å². The second-order valence-electron chi connectivity index (χ2n) is 6.16. The van der Waals surface area contributed by atoms with Gasteiger partial charge in [-0.05, 0) is 55.8 Å². The molecule has 2 aromatic carbocycles. The van der Waals surface area contributed by atoms with Gasteiger partial charge in [-0.2, -0.15) is 5.10 Å². The largest absolute Gasteiger partial charge is 0.493 e. The molecule has 8 heteroatoms. The zero-order chi connectivity index (χ0) is 20.7. The molecule has 0 bridgehead atoms. The van der Waals surface area contributed by atoms with Crippen molar-refractivity contribution in [1.29, 1.82) is 0 Å². The summed E-state index contributed by atoms with van der Waals surface area (Å²) in [7, 11) is 1.52. The van der Waals surface area contributed by atoms with E-state index in [1.54, 1.807) is 36.4 Å². The highest BCUT2D eigenvalue weighted by atomic mass is 35.5. The van der Waals surface area contributed by atoms with Crippen LogP contribution < -0.4 is 20.2 Å². The van der Waals surface area contributed by atoms with Crippen LogP contribution in [0.4, 0.5) is 5.69 Å². The van der Waals surface area contributed by atoms with Gasteiger partial charge in [0.1, 0.15) is 0 Å². The first kappa shape index (κ1) is 21.2. The van der Waals surface area contributed by atoms with Crippen molar-refractivity contribution >= 4 is 35.3 Å². The molecule has 0 fully saturated rings. The number of carbonyl (C=O) groups excluding carboxylic acids is 2. The number of anilines is 1. The van der Waals surface area contributed by atoms with Crippen molar-refractivity contribution in [3.63, 3.8) is 0 Å². The van der Waals surface area contributed by atoms with Gasteiger partial charge in [-0.25, -0.2) is 5.43 Å². The molecule has 2 aromatic rings. The first-order valence-electron chi connectivity index (χ1n) is 8.55. The maximum absolute atomic E-state index is 12.2. The molecule has 0 heterocycles. The van der Waals surface area contributed by atoms with Crippen molar-refractivity contribution < 1.29 is 19.1 Å². The molecule has 0 saturated carbocycles. The Morgan fingerprint density at radius 2 is 1.86 bits per heavy atom. The molecule has 0 aliphatic carbocycles. The van der Waals surface area contributed by atoms with E-state index in [9.17, 15) is 9.59 Å². The lowest BCUT2D eigenvalue weighted by molar-refractivity contribution is -0.114. The summed E-state index contributed by atoms with van der Waals surface area (Å²) in [6, 6.07) is 9.83. The Bertz CT molecular complexity index is 880. The van der Waals surface area contributed by atoms with Gasteiger partial charge in [0.05, 0.1) is 24.5 Å². The van der Waals surface area contributed by atoms with Crippen molar-refractivity contribution in [2.24, 2.45) is 5.10 Å². The van der Waals surface area contributed by atoms with Crippen molar-refractivity contribution in [1.82, 2.24) is 5.43 Å². The van der Waals surface area contributed by atoms with Gasteiger partial charge in [-0.3, -0.25) is 9.59 Å². The minimum atomic E-state index is -0.386. The Labute approximate surface area is 168 Å². The number of amides is 2. The topological polar surface area (TPSA) is 89.0 Å². The Balaban J connectivity index is 2.06. The lowest BCUT2D eigenvalue weighted by Crippen LogP contribution is -2.17. The SMILES string of the molecule is COc1cc(C=NNC(=O)c2ccc(NC(C)=O)cc2)cc(Cl)c1OC(C)C. The predicted octanol–water partition coefficient (Wildman–Crippen LogP) is 3.86. The minimum absolute atomic E-state index is 0.0535. The van der Waals surface area contributed by atoms with Gasteiger partial charge in [0, 0.05) is 18.2 Å². The van der Waals surface area contributed by atoms with Crippen LogP contribution in [0.2, 0.25) is 5.02 Å². The van der Waals surface area contributed by atoms with E-state index < -0.39 is 0 Å². The lowest BCUT2D eigenvalue weighted by atomic mass is 10.2. The van der Waals surface area contributed by atoms with Crippen molar-refractivity contribution in [2.45, 2.75) is 26.9 Å². The highest BCUT2D eigenvalue weighted by Gasteiger charge is 2.13. The molecule has 2 amide bonds. The summed E-state index contributed by atoms with van der Waals surface area (Å²) in [5.41, 5.74) is 4.09. The summed E-state index contributed by atoms with van der Waals surface area (Å²) in [5, 5.41) is 6.96. The molecular formula is C20H22ClN3O4. The number of nitrogens with one attached hydrogen (secondary N) is 2. The Hall–Kier alpha value is -3.06. The Morgan fingerprint density at radius 1 is 1.18 bits per heavy atom. The zero-order valence-electron chi connectivity index (χ0n) is 16.1. The van der Waals surface area contributed by atoms with Gasteiger partial charge < -0.3 is 14.8 Å². The van der Waals surface area contributed by atoms with Gasteiger partial charge in [0.25, 0.3) is 5.91 Å². The molecule has 0 radical (unpaired) electrons. The number of hydrazone groups is 1. The maximum atomic E-state index is 12.2. The molecule has 0 aliphatic rings. The highest BCUT2D eigenvalue weighted by Crippen LogP contribution is 2.36. The number of hydrogen-bond donors (Lipinski definition) is 2. The fraction of sp³-hybridized carbons (Fsp3) is 0.250. The summed E-state index contributed by atoms with van der Waals surface area (Å²) in [6.07, 6.45) is 1.40. The smallest absolute Gasteiger partial charge is 0.271 e. The normalized spacial score (nSPS) is 10.8. The monoisotopic (exact) mass is 403 g/mol. The quantitative estimate of drug-likeness (QED) is 0.542. The molecule has 28 heavy (non-hydrogen) atoms. The second kappa shape index (κ2) is 9.75. The third-order valence-electron chi connectivity index (χ3n) is 3.45. The number of carbonyl (C=O) groups is 2. The van der Waals surface area contributed by atoms with Crippen molar-refractivity contribution in [3.05, 3.63) is 52.5 Å². The van der Waals surface area contributed by atoms with Gasteiger partial charge in [-0.1, -0.05) is 11.6 Å². The molecule has 0 unspecified atom stereocenters. The number of methoxy groups -OCH3 is 1. The number of benzene rings is 2. The summed E-state index contributed by atoms with van der Waals surface area (Å²) < 4.78 is 11.0. The van der Waals surface area contributed by atoms with E-state index in [-0.39, 0.29) is 17.9 Å². The zero-order valence-corrected chi connectivity index (χ0v) is 16.8. The molecular weight excluding hydrogens is 382 g/mol. The second-order valence-corrected chi connectivity index (χ2v) is 6.57. The molecule has 2 rings (SSSR count). The van der Waals surface area contributed by atoms with Gasteiger partial charge >= 0.3 is 0 Å². The van der Waals surface area contributed by atoms with Crippen LogP contribution in [0.1, 0.15) is 36.7 Å². The van der Waals surface area contributed by atoms with E-state index in [1.807, 2.05) is 13.8 Å². The highest BCUT2D eigenvalue weighted by molar-refractivity contribution is 6.32. The van der Waals surface area contributed by atoms with Crippen LogP contribution >= 0.6 is 11.6 Å². The van der Waals surface area contributed by atoms with Gasteiger partial charge in [0.2, 0.25) is 5.91 Å². The van der Waals surface area contributed by atoms with Crippen LogP contribution in [0, 0.1) is 0 Å². The summed E-state index contributed by atoms with van der Waals surface area (Å²) in [4.78, 5) is 23.2. The Kier molecular flexibility index (Phi) is 7.40. The van der Waals surface area contributed by atoms with Crippen molar-refractivity contribution in [3.8, 4) is 11.5 Å². The third-order valence-corrected chi connectivity index (χ3v) is 3.73. The maximum Gasteiger partial charge on any atom is 0.271 e. The third kappa shape index (κ3) is 5.99. The van der Waals surface area contributed by atoms with Crippen molar-refractivity contribution in [2.75, 3.05) is 12.4 Å². The molecule has 0 spiro atoms. The van der Waals surface area contributed by atoms with Crippen LogP contribution in [0.25, 0.3) is 0 Å². The van der Waals surface area contributed by atoms with E-state index in [0.717, 1.165) is 0 Å². The van der Waals surface area contributed by atoms with Crippen LogP contribution in [0.5, 0.6) is 11.5 Å². The van der Waals surface area contributed by atoms with E-state index in [1.165, 1.54) is 20.2 Å². The standard InChI is InChI=1S/C20H22ClN3O4/c1-12(2)28-19-17(21)9-14(10-18(19)27-4)11-22-24-20(26)15-5-7-16(8-6-15)23-13(3)25/h5-12H,1-4H3,(H,23,25)(H,24,26). The van der Waals surface area contributed by atoms with Crippen LogP contribution in [0.3, 0.4) is 0 Å². The summed E-state index contributed by atoms with van der Waals surface area (Å²) in [6.45, 7) is 5.20. The predicted molar refractivity (Wildman–Crippen MR) is 110 cm³/mol. The number of halogens is 1. The number of hydrogen-bond acceptors (Lipinski definition) is 5. The molecule has 0 aromatic heterocycles. The number of nitrogens with zero attached hydrogens (tertiary/aromatic N) is 1. The first-order chi connectivity index (χ1) is 13.3.